The van der Waals surface area contributed by atoms with Crippen LogP contribution in [0.2, 0.25) is 5.02 Å². The number of ether oxygens (including phenoxy) is 1. The van der Waals surface area contributed by atoms with Crippen molar-refractivity contribution in [3.63, 3.8) is 0 Å². The van der Waals surface area contributed by atoms with Gasteiger partial charge in [0.2, 0.25) is 0 Å². The van der Waals surface area contributed by atoms with Gasteiger partial charge in [-0.25, -0.2) is 22.0 Å². The van der Waals surface area contributed by atoms with Crippen LogP contribution >= 0.6 is 11.6 Å². The summed E-state index contributed by atoms with van der Waals surface area (Å²) < 4.78 is 79.8. The van der Waals surface area contributed by atoms with Crippen molar-refractivity contribution in [2.45, 2.75) is 50.7 Å². The lowest BCUT2D eigenvalue weighted by molar-refractivity contribution is -0.131. The number of fused-ring (bicyclic) bond motifs is 2. The third-order valence-electron chi connectivity index (χ3n) is 8.92. The molecule has 0 unspecified atom stereocenters. The Morgan fingerprint density at radius 3 is 2.67 bits per heavy atom. The predicted molar refractivity (Wildman–Crippen MR) is 174 cm³/mol. The van der Waals surface area contributed by atoms with Gasteiger partial charge in [0.15, 0.2) is 11.6 Å². The van der Waals surface area contributed by atoms with E-state index in [0.29, 0.717) is 5.39 Å². The standard InChI is InChI=1S/C34H31ClF5N7O2/c1-18(2)47-17-34(39,40)13-22(47)16-49-33-43-30-24(31(44-33)45-11-12-46(32(48)19(3)36)21(15-45)9-10-41)14-42-29(28(30)38)23-6-4-5-20-7-8-25(37)27(35)26(20)23/h4-8,14,18,21-22H,3,9,11-13,15-17H2,1-2H3/t21-,22-/m0/s1. The maximum atomic E-state index is 16.7. The Kier molecular flexibility index (Phi) is 9.34. The summed E-state index contributed by atoms with van der Waals surface area (Å²) in [6.45, 7) is 6.14. The van der Waals surface area contributed by atoms with Gasteiger partial charge >= 0.3 is 6.01 Å². The van der Waals surface area contributed by atoms with E-state index in [1.165, 1.54) is 23.2 Å². The van der Waals surface area contributed by atoms with E-state index in [0.717, 1.165) is 0 Å². The summed E-state index contributed by atoms with van der Waals surface area (Å²) in [5.41, 5.74) is -0.196. The normalized spacial score (nSPS) is 19.5. The van der Waals surface area contributed by atoms with Crippen LogP contribution in [0.5, 0.6) is 6.01 Å². The molecule has 2 atom stereocenters. The zero-order valence-corrected chi connectivity index (χ0v) is 27.3. The molecule has 4 heterocycles. The van der Waals surface area contributed by atoms with Gasteiger partial charge < -0.3 is 14.5 Å². The van der Waals surface area contributed by atoms with E-state index < -0.39 is 54.3 Å². The minimum atomic E-state index is -2.92. The van der Waals surface area contributed by atoms with Gasteiger partial charge in [0.25, 0.3) is 11.8 Å². The van der Waals surface area contributed by atoms with Crippen molar-refractivity contribution in [2.75, 3.05) is 37.7 Å². The van der Waals surface area contributed by atoms with Crippen LogP contribution in [0, 0.1) is 23.0 Å². The van der Waals surface area contributed by atoms with Gasteiger partial charge in [-0.3, -0.25) is 14.7 Å². The lowest BCUT2D eigenvalue weighted by Crippen LogP contribution is -2.55. The van der Waals surface area contributed by atoms with Crippen molar-refractivity contribution >= 4 is 45.0 Å². The number of carbonyl (C=O) groups is 1. The number of nitriles is 1. The van der Waals surface area contributed by atoms with Crippen LogP contribution in [0.4, 0.5) is 27.8 Å². The molecular formula is C34H31ClF5N7O2. The highest BCUT2D eigenvalue weighted by molar-refractivity contribution is 6.36. The lowest BCUT2D eigenvalue weighted by Gasteiger charge is -2.41. The fourth-order valence-corrected chi connectivity index (χ4v) is 6.90. The maximum Gasteiger partial charge on any atom is 0.319 e. The summed E-state index contributed by atoms with van der Waals surface area (Å²) >= 11 is 6.34. The molecule has 9 nitrogen and oxygen atoms in total. The number of rotatable bonds is 8. The smallest absolute Gasteiger partial charge is 0.319 e. The molecule has 0 saturated carbocycles. The summed E-state index contributed by atoms with van der Waals surface area (Å²) in [6, 6.07) is 7.68. The summed E-state index contributed by atoms with van der Waals surface area (Å²) in [5.74, 6) is -6.48. The Labute approximate surface area is 283 Å². The molecule has 0 N–H and O–H groups in total. The Balaban J connectivity index is 1.46. The monoisotopic (exact) mass is 699 g/mol. The molecule has 0 spiro atoms. The SMILES string of the molecule is C=C(F)C(=O)N1CCN(c2nc(OC[C@@H]3CC(F)(F)CN3C(C)C)nc3c(F)c(-c4cccc5ccc(F)c(Cl)c45)ncc23)C[C@@H]1CC#N. The number of benzene rings is 2. The third kappa shape index (κ3) is 6.57. The number of alkyl halides is 2. The first-order valence-corrected chi connectivity index (χ1v) is 15.9. The molecule has 0 radical (unpaired) electrons. The van der Waals surface area contributed by atoms with Gasteiger partial charge in [-0.05, 0) is 25.3 Å². The molecule has 49 heavy (non-hydrogen) atoms. The Morgan fingerprint density at radius 2 is 1.96 bits per heavy atom. The Bertz CT molecular complexity index is 2010. The molecular weight excluding hydrogens is 669 g/mol. The highest BCUT2D eigenvalue weighted by Gasteiger charge is 2.46. The number of pyridine rings is 1. The Morgan fingerprint density at radius 1 is 1.18 bits per heavy atom. The van der Waals surface area contributed by atoms with E-state index in [2.05, 4.69) is 21.5 Å². The fourth-order valence-electron chi connectivity index (χ4n) is 6.63. The average molecular weight is 700 g/mol. The minimum absolute atomic E-state index is 0.00955. The van der Waals surface area contributed by atoms with Gasteiger partial charge in [-0.1, -0.05) is 42.4 Å². The van der Waals surface area contributed by atoms with E-state index in [9.17, 15) is 27.6 Å². The van der Waals surface area contributed by atoms with Crippen LogP contribution in [0.15, 0.2) is 48.9 Å². The molecule has 4 aromatic rings. The number of hydrogen-bond acceptors (Lipinski definition) is 8. The van der Waals surface area contributed by atoms with Crippen molar-refractivity contribution in [3.05, 3.63) is 65.6 Å². The number of amides is 1. The third-order valence-corrected chi connectivity index (χ3v) is 9.29. The molecule has 2 saturated heterocycles. The molecule has 2 aromatic heterocycles. The number of nitrogens with zero attached hydrogens (tertiary/aromatic N) is 7. The molecule has 2 aliphatic heterocycles. The quantitative estimate of drug-likeness (QED) is 0.148. The van der Waals surface area contributed by atoms with E-state index in [1.807, 2.05) is 6.07 Å². The molecule has 256 valence electrons. The number of carbonyl (C=O) groups excluding carboxylic acids is 1. The first-order chi connectivity index (χ1) is 23.3. The number of halogens is 6. The topological polar surface area (TPSA) is 98.5 Å². The van der Waals surface area contributed by atoms with Gasteiger partial charge in [-0.15, -0.1) is 0 Å². The van der Waals surface area contributed by atoms with E-state index >= 15 is 4.39 Å². The molecule has 1 amide bonds. The highest BCUT2D eigenvalue weighted by atomic mass is 35.5. The van der Waals surface area contributed by atoms with Crippen molar-refractivity contribution in [3.8, 4) is 23.3 Å². The van der Waals surface area contributed by atoms with E-state index in [-0.39, 0.29) is 83.1 Å². The number of hydrogen-bond donors (Lipinski definition) is 0. The minimum Gasteiger partial charge on any atom is -0.462 e. The van der Waals surface area contributed by atoms with Crippen molar-refractivity contribution in [1.29, 1.82) is 5.26 Å². The van der Waals surface area contributed by atoms with Crippen LogP contribution < -0.4 is 9.64 Å². The van der Waals surface area contributed by atoms with Crippen molar-refractivity contribution in [1.82, 2.24) is 24.8 Å². The summed E-state index contributed by atoms with van der Waals surface area (Å²) in [4.78, 5) is 30.3. The second-order valence-corrected chi connectivity index (χ2v) is 12.8. The highest BCUT2D eigenvalue weighted by Crippen LogP contribution is 2.39. The number of aromatic nitrogens is 3. The molecule has 2 fully saturated rings. The maximum absolute atomic E-state index is 16.7. The number of anilines is 1. The van der Waals surface area contributed by atoms with E-state index in [4.69, 9.17) is 16.3 Å². The van der Waals surface area contributed by atoms with Crippen LogP contribution in [0.1, 0.15) is 26.7 Å². The largest absolute Gasteiger partial charge is 0.462 e. The summed E-state index contributed by atoms with van der Waals surface area (Å²) in [6.07, 6.45) is 0.757. The van der Waals surface area contributed by atoms with Crippen LogP contribution in [0.3, 0.4) is 0 Å². The zero-order valence-electron chi connectivity index (χ0n) is 26.6. The van der Waals surface area contributed by atoms with Crippen molar-refractivity contribution in [2.24, 2.45) is 0 Å². The Hall–Kier alpha value is -4.61. The number of piperazine rings is 1. The second-order valence-electron chi connectivity index (χ2n) is 12.4. The average Bonchev–Trinajstić information content (AvgIpc) is 3.39. The number of likely N-dealkylation sites (tertiary alicyclic amines) is 1. The van der Waals surface area contributed by atoms with Crippen LogP contribution in [-0.2, 0) is 4.79 Å². The first kappa shape index (κ1) is 34.3. The van der Waals surface area contributed by atoms with Gasteiger partial charge in [0.05, 0.1) is 41.5 Å². The van der Waals surface area contributed by atoms with Crippen LogP contribution in [-0.4, -0.2) is 87.5 Å². The van der Waals surface area contributed by atoms with E-state index in [1.54, 1.807) is 41.8 Å². The lowest BCUT2D eigenvalue weighted by atomic mass is 10.0. The van der Waals surface area contributed by atoms with Crippen LogP contribution in [0.25, 0.3) is 32.9 Å². The zero-order chi connectivity index (χ0) is 35.2. The van der Waals surface area contributed by atoms with Crippen molar-refractivity contribution < 1.29 is 31.5 Å². The summed E-state index contributed by atoms with van der Waals surface area (Å²) in [5, 5.41) is 10.2. The fraction of sp³-hybridized carbons (Fsp3) is 0.382. The van der Waals surface area contributed by atoms with Gasteiger partial charge in [0.1, 0.15) is 29.5 Å². The molecule has 15 heteroatoms. The molecule has 0 bridgehead atoms. The molecule has 6 rings (SSSR count). The van der Waals surface area contributed by atoms with Gasteiger partial charge in [0, 0.05) is 49.2 Å². The molecule has 2 aliphatic rings. The second kappa shape index (κ2) is 13.4. The summed E-state index contributed by atoms with van der Waals surface area (Å²) in [7, 11) is 0. The first-order valence-electron chi connectivity index (χ1n) is 15.6. The van der Waals surface area contributed by atoms with Gasteiger partial charge in [-0.2, -0.15) is 15.2 Å². The predicted octanol–water partition coefficient (Wildman–Crippen LogP) is 6.69. The molecule has 0 aliphatic carbocycles. The molecule has 2 aromatic carbocycles.